The first-order valence-corrected chi connectivity index (χ1v) is 12.2. The number of pyridine rings is 1. The van der Waals surface area contributed by atoms with E-state index >= 15 is 0 Å². The van der Waals surface area contributed by atoms with E-state index in [1.54, 1.807) is 6.20 Å². The molecule has 36 heavy (non-hydrogen) atoms. The minimum absolute atomic E-state index is 0.211. The second-order valence-electron chi connectivity index (χ2n) is 8.69. The van der Waals surface area contributed by atoms with E-state index in [4.69, 9.17) is 14.2 Å². The van der Waals surface area contributed by atoms with Gasteiger partial charge in [-0.05, 0) is 51.3 Å². The molecule has 2 aromatic heterocycles. The number of hydrogen-bond acceptors (Lipinski definition) is 8. The van der Waals surface area contributed by atoms with E-state index in [1.807, 2.05) is 48.5 Å². The average molecular weight is 542 g/mol. The van der Waals surface area contributed by atoms with Crippen LogP contribution in [0.5, 0.6) is 11.5 Å². The molecule has 0 atom stereocenters. The zero-order valence-electron chi connectivity index (χ0n) is 19.1. The number of allylic oxidation sites excluding steroid dienone is 1. The number of aromatic nitrogens is 3. The number of nitrogens with one attached hydrogen (secondary N) is 1. The molecule has 0 amide bonds. The molecule has 0 bridgehead atoms. The Morgan fingerprint density at radius 3 is 2.67 bits per heavy atom. The van der Waals surface area contributed by atoms with Gasteiger partial charge in [0.2, 0.25) is 6.79 Å². The summed E-state index contributed by atoms with van der Waals surface area (Å²) in [6.07, 6.45) is 3.18. The molecule has 9 heteroatoms. The molecule has 0 unspecified atom stereocenters. The fourth-order valence-corrected chi connectivity index (χ4v) is 4.92. The zero-order valence-corrected chi connectivity index (χ0v) is 20.7. The van der Waals surface area contributed by atoms with Crippen molar-refractivity contribution in [1.29, 1.82) is 5.26 Å². The number of nitriles is 1. The molecule has 2 aromatic carbocycles. The van der Waals surface area contributed by atoms with E-state index in [9.17, 15) is 5.26 Å². The van der Waals surface area contributed by atoms with E-state index in [0.29, 0.717) is 41.4 Å². The van der Waals surface area contributed by atoms with Crippen LogP contribution in [0.2, 0.25) is 0 Å². The van der Waals surface area contributed by atoms with Crippen LogP contribution < -0.4 is 14.8 Å². The Balaban J connectivity index is 1.35. The van der Waals surface area contributed by atoms with Crippen molar-refractivity contribution in [1.82, 2.24) is 15.2 Å². The average Bonchev–Trinajstić information content (AvgIpc) is 3.35. The van der Waals surface area contributed by atoms with Crippen LogP contribution >= 0.6 is 15.9 Å². The van der Waals surface area contributed by atoms with Gasteiger partial charge in [0.15, 0.2) is 17.3 Å². The van der Waals surface area contributed by atoms with Gasteiger partial charge >= 0.3 is 0 Å². The van der Waals surface area contributed by atoms with E-state index in [1.165, 1.54) is 6.08 Å². The van der Waals surface area contributed by atoms with Gasteiger partial charge in [-0.1, -0.05) is 30.3 Å². The van der Waals surface area contributed by atoms with Crippen LogP contribution in [0, 0.1) is 11.3 Å². The van der Waals surface area contributed by atoms with Crippen LogP contribution in [0.15, 0.2) is 71.5 Å². The maximum atomic E-state index is 9.49. The molecule has 6 rings (SSSR count). The van der Waals surface area contributed by atoms with Crippen LogP contribution in [0.1, 0.15) is 16.8 Å². The van der Waals surface area contributed by atoms with Crippen molar-refractivity contribution in [2.75, 3.05) is 31.9 Å². The lowest BCUT2D eigenvalue weighted by Crippen LogP contribution is -2.51. The monoisotopic (exact) mass is 541 g/mol. The largest absolute Gasteiger partial charge is 0.454 e. The molecule has 0 radical (unpaired) electrons. The van der Waals surface area contributed by atoms with Crippen LogP contribution in [-0.2, 0) is 10.2 Å². The normalized spacial score (nSPS) is 15.8. The van der Waals surface area contributed by atoms with E-state index in [-0.39, 0.29) is 12.2 Å². The Bertz CT molecular complexity index is 1540. The third kappa shape index (κ3) is 3.94. The lowest BCUT2D eigenvalue weighted by Gasteiger charge is -2.42. The SMILES string of the molecule is N#C/C=C(\c1ccnc(Br)c1)c1nnc(NCC2(c3ccc4c(c3)OCO4)COC2)c2ccccc12. The molecule has 4 aromatic rings. The first-order chi connectivity index (χ1) is 17.7. The van der Waals surface area contributed by atoms with E-state index in [2.05, 4.69) is 48.6 Å². The molecular formula is C27H20BrN5O3. The Morgan fingerprint density at radius 1 is 1.06 bits per heavy atom. The van der Waals surface area contributed by atoms with E-state index in [0.717, 1.165) is 33.4 Å². The number of hydrogen-bond donors (Lipinski definition) is 1. The summed E-state index contributed by atoms with van der Waals surface area (Å²) < 4.78 is 17.4. The zero-order chi connectivity index (χ0) is 24.5. The number of halogens is 1. The summed E-state index contributed by atoms with van der Waals surface area (Å²) in [5.74, 6) is 2.19. The fraction of sp³-hybridized carbons (Fsp3) is 0.185. The fourth-order valence-electron chi connectivity index (χ4n) is 4.55. The van der Waals surface area contributed by atoms with Gasteiger partial charge in [0.25, 0.3) is 0 Å². The lowest BCUT2D eigenvalue weighted by molar-refractivity contribution is -0.0530. The second kappa shape index (κ2) is 9.22. The van der Waals surface area contributed by atoms with Crippen molar-refractivity contribution in [3.8, 4) is 17.6 Å². The third-order valence-electron chi connectivity index (χ3n) is 6.52. The molecule has 2 aliphatic heterocycles. The van der Waals surface area contributed by atoms with Gasteiger partial charge in [0.05, 0.1) is 24.7 Å². The molecule has 0 spiro atoms. The van der Waals surface area contributed by atoms with Crippen LogP contribution in [-0.4, -0.2) is 41.7 Å². The summed E-state index contributed by atoms with van der Waals surface area (Å²) >= 11 is 3.41. The minimum Gasteiger partial charge on any atom is -0.454 e. The predicted octanol–water partition coefficient (Wildman–Crippen LogP) is 4.85. The maximum absolute atomic E-state index is 9.49. The molecule has 8 nitrogen and oxygen atoms in total. The van der Waals surface area contributed by atoms with Crippen molar-refractivity contribution in [3.63, 3.8) is 0 Å². The van der Waals surface area contributed by atoms with Crippen molar-refractivity contribution in [2.24, 2.45) is 0 Å². The van der Waals surface area contributed by atoms with Gasteiger partial charge in [-0.3, -0.25) is 0 Å². The molecular weight excluding hydrogens is 522 g/mol. The Kier molecular flexibility index (Phi) is 5.76. The molecule has 0 aliphatic carbocycles. The Labute approximate surface area is 215 Å². The summed E-state index contributed by atoms with van der Waals surface area (Å²) in [7, 11) is 0. The number of rotatable bonds is 6. The van der Waals surface area contributed by atoms with Gasteiger partial charge < -0.3 is 19.5 Å². The van der Waals surface area contributed by atoms with Crippen molar-refractivity contribution in [3.05, 3.63) is 88.3 Å². The predicted molar refractivity (Wildman–Crippen MR) is 138 cm³/mol. The lowest BCUT2D eigenvalue weighted by atomic mass is 9.78. The summed E-state index contributed by atoms with van der Waals surface area (Å²) in [5.41, 5.74) is 3.06. The van der Waals surface area contributed by atoms with Gasteiger partial charge in [-0.25, -0.2) is 4.98 Å². The number of anilines is 1. The summed E-state index contributed by atoms with van der Waals surface area (Å²) in [6.45, 7) is 2.04. The smallest absolute Gasteiger partial charge is 0.231 e. The summed E-state index contributed by atoms with van der Waals surface area (Å²) in [4.78, 5) is 4.19. The topological polar surface area (TPSA) is 102 Å². The molecule has 1 N–H and O–H groups in total. The van der Waals surface area contributed by atoms with Gasteiger partial charge in [-0.15, -0.1) is 10.2 Å². The van der Waals surface area contributed by atoms with Gasteiger partial charge in [0.1, 0.15) is 10.3 Å². The number of benzene rings is 2. The highest BCUT2D eigenvalue weighted by atomic mass is 79.9. The molecule has 0 saturated carbocycles. The summed E-state index contributed by atoms with van der Waals surface area (Å²) in [6, 6.07) is 19.8. The number of nitrogens with zero attached hydrogens (tertiary/aromatic N) is 4. The number of ether oxygens (including phenoxy) is 3. The standard InChI is InChI=1S/C27H20BrN5O3/c28-24-11-17(8-10-30-24)19(7-9-29)25-20-3-1-2-4-21(20)26(33-32-25)31-13-27(14-34-15-27)18-5-6-22-23(12-18)36-16-35-22/h1-8,10-12H,13-16H2,(H,31,33)/b19-7+. The molecule has 2 aliphatic rings. The van der Waals surface area contributed by atoms with Crippen LogP contribution in [0.4, 0.5) is 5.82 Å². The molecule has 1 saturated heterocycles. The maximum Gasteiger partial charge on any atom is 0.231 e. The van der Waals surface area contributed by atoms with Crippen molar-refractivity contribution < 1.29 is 14.2 Å². The Morgan fingerprint density at radius 2 is 1.89 bits per heavy atom. The van der Waals surface area contributed by atoms with Gasteiger partial charge in [-0.2, -0.15) is 5.26 Å². The van der Waals surface area contributed by atoms with Crippen molar-refractivity contribution in [2.45, 2.75) is 5.41 Å². The van der Waals surface area contributed by atoms with Crippen LogP contribution in [0.25, 0.3) is 16.3 Å². The molecule has 4 heterocycles. The van der Waals surface area contributed by atoms with E-state index < -0.39 is 0 Å². The molecule has 1 fully saturated rings. The Hall–Kier alpha value is -4.00. The molecule has 178 valence electrons. The van der Waals surface area contributed by atoms with Crippen LogP contribution in [0.3, 0.4) is 0 Å². The first kappa shape index (κ1) is 22.5. The highest BCUT2D eigenvalue weighted by Crippen LogP contribution is 2.40. The quantitative estimate of drug-likeness (QED) is 0.273. The third-order valence-corrected chi connectivity index (χ3v) is 6.96. The summed E-state index contributed by atoms with van der Waals surface area (Å²) in [5, 5.41) is 23.9. The number of fused-ring (bicyclic) bond motifs is 2. The highest BCUT2D eigenvalue weighted by Gasteiger charge is 2.41. The first-order valence-electron chi connectivity index (χ1n) is 11.4. The minimum atomic E-state index is -0.211. The van der Waals surface area contributed by atoms with Crippen molar-refractivity contribution >= 4 is 38.1 Å². The van der Waals surface area contributed by atoms with Gasteiger partial charge in [0, 0.05) is 35.2 Å². The second-order valence-corrected chi connectivity index (χ2v) is 9.50. The highest BCUT2D eigenvalue weighted by molar-refractivity contribution is 9.10.